The summed E-state index contributed by atoms with van der Waals surface area (Å²) in [5.41, 5.74) is 2.02. The molecule has 1 aromatic heterocycles. The zero-order valence-corrected chi connectivity index (χ0v) is 11.9. The van der Waals surface area contributed by atoms with Gasteiger partial charge >= 0.3 is 0 Å². The molecule has 2 aromatic rings. The lowest BCUT2D eigenvalue weighted by molar-refractivity contribution is 0.184. The van der Waals surface area contributed by atoms with E-state index < -0.39 is 0 Å². The number of hydrogen-bond donors (Lipinski definition) is 1. The average molecular weight is 276 g/mol. The second-order valence-corrected chi connectivity index (χ2v) is 4.43. The second-order valence-electron chi connectivity index (χ2n) is 4.43. The molecular formula is C14H20N4O2. The lowest BCUT2D eigenvalue weighted by Gasteiger charge is -2.07. The van der Waals surface area contributed by atoms with Crippen molar-refractivity contribution in [1.82, 2.24) is 20.3 Å². The Morgan fingerprint density at radius 2 is 2.25 bits per heavy atom. The van der Waals surface area contributed by atoms with Gasteiger partial charge in [-0.2, -0.15) is 0 Å². The fourth-order valence-electron chi connectivity index (χ4n) is 1.86. The molecule has 6 nitrogen and oxygen atoms in total. The molecule has 0 unspecified atom stereocenters. The van der Waals surface area contributed by atoms with Gasteiger partial charge < -0.3 is 14.8 Å². The average Bonchev–Trinajstić information content (AvgIpc) is 2.88. The van der Waals surface area contributed by atoms with Crippen LogP contribution in [0, 0.1) is 0 Å². The molecule has 0 amide bonds. The van der Waals surface area contributed by atoms with Crippen LogP contribution in [0.25, 0.3) is 0 Å². The van der Waals surface area contributed by atoms with Gasteiger partial charge in [0.05, 0.1) is 18.8 Å². The van der Waals surface area contributed by atoms with Gasteiger partial charge in [-0.3, -0.25) is 0 Å². The molecule has 0 saturated heterocycles. The highest BCUT2D eigenvalue weighted by molar-refractivity contribution is 5.28. The molecule has 0 radical (unpaired) electrons. The van der Waals surface area contributed by atoms with Crippen LogP contribution in [-0.4, -0.2) is 35.8 Å². The minimum Gasteiger partial charge on any atom is -0.492 e. The molecule has 0 aliphatic heterocycles. The molecule has 0 bridgehead atoms. The maximum atomic E-state index is 5.71. The summed E-state index contributed by atoms with van der Waals surface area (Å²) in [6, 6.07) is 7.90. The minimum absolute atomic E-state index is 0.554. The number of hydrogen-bond acceptors (Lipinski definition) is 5. The van der Waals surface area contributed by atoms with Crippen molar-refractivity contribution < 1.29 is 9.47 Å². The summed E-state index contributed by atoms with van der Waals surface area (Å²) in [4.78, 5) is 0. The Balaban J connectivity index is 1.81. The van der Waals surface area contributed by atoms with E-state index in [4.69, 9.17) is 9.47 Å². The van der Waals surface area contributed by atoms with Crippen LogP contribution < -0.4 is 10.1 Å². The van der Waals surface area contributed by atoms with E-state index in [1.165, 1.54) is 0 Å². The third-order valence-electron chi connectivity index (χ3n) is 2.74. The zero-order valence-electron chi connectivity index (χ0n) is 11.9. The molecule has 0 fully saturated rings. The summed E-state index contributed by atoms with van der Waals surface area (Å²) in [5.74, 6) is 0.843. The van der Waals surface area contributed by atoms with E-state index in [1.807, 2.05) is 37.5 Å². The van der Waals surface area contributed by atoms with Crippen molar-refractivity contribution in [1.29, 1.82) is 0 Å². The molecule has 0 aliphatic rings. The smallest absolute Gasteiger partial charge is 0.119 e. The fourth-order valence-corrected chi connectivity index (χ4v) is 1.86. The molecule has 2 rings (SSSR count). The first-order valence-electron chi connectivity index (χ1n) is 6.56. The Morgan fingerprint density at radius 3 is 3.05 bits per heavy atom. The van der Waals surface area contributed by atoms with Gasteiger partial charge in [0.1, 0.15) is 12.4 Å². The third kappa shape index (κ3) is 4.32. The molecule has 20 heavy (non-hydrogen) atoms. The highest BCUT2D eigenvalue weighted by Crippen LogP contribution is 2.13. The predicted octanol–water partition coefficient (Wildman–Crippen LogP) is 1.22. The van der Waals surface area contributed by atoms with E-state index in [2.05, 4.69) is 15.6 Å². The molecule has 1 aromatic carbocycles. The van der Waals surface area contributed by atoms with E-state index in [0.29, 0.717) is 19.8 Å². The predicted molar refractivity (Wildman–Crippen MR) is 75.4 cm³/mol. The number of rotatable bonds is 8. The van der Waals surface area contributed by atoms with Crippen molar-refractivity contribution in [3.05, 3.63) is 41.7 Å². The van der Waals surface area contributed by atoms with Crippen LogP contribution in [0.15, 0.2) is 30.5 Å². The number of aromatic nitrogens is 3. The van der Waals surface area contributed by atoms with Gasteiger partial charge in [-0.15, -0.1) is 5.10 Å². The van der Waals surface area contributed by atoms with Crippen LogP contribution in [0.4, 0.5) is 0 Å². The quantitative estimate of drug-likeness (QED) is 0.785. The van der Waals surface area contributed by atoms with Gasteiger partial charge in [0.25, 0.3) is 0 Å². The van der Waals surface area contributed by atoms with Gasteiger partial charge in [0.15, 0.2) is 0 Å². The molecule has 108 valence electrons. The molecule has 1 heterocycles. The van der Waals surface area contributed by atoms with Gasteiger partial charge in [-0.05, 0) is 24.7 Å². The topological polar surface area (TPSA) is 61.2 Å². The van der Waals surface area contributed by atoms with Gasteiger partial charge in [-0.25, -0.2) is 4.68 Å². The maximum Gasteiger partial charge on any atom is 0.119 e. The Kier molecular flexibility index (Phi) is 5.52. The molecule has 0 atom stereocenters. The monoisotopic (exact) mass is 276 g/mol. The summed E-state index contributed by atoms with van der Waals surface area (Å²) in [7, 11) is 3.57. The van der Waals surface area contributed by atoms with Crippen LogP contribution in [0.5, 0.6) is 5.75 Å². The number of nitrogens with zero attached hydrogens (tertiary/aromatic N) is 3. The standard InChI is InChI=1S/C14H20N4O2/c1-15-9-13-10-18(17-16-13)6-7-20-14-5-3-4-12(8-14)11-19-2/h3-5,8,10,15H,6-7,9,11H2,1-2H3. The fraction of sp³-hybridized carbons (Fsp3) is 0.429. The van der Waals surface area contributed by atoms with Crippen LogP contribution >= 0.6 is 0 Å². The number of ether oxygens (including phenoxy) is 2. The Hall–Kier alpha value is -1.92. The zero-order chi connectivity index (χ0) is 14.2. The van der Waals surface area contributed by atoms with Crippen molar-refractivity contribution in [2.24, 2.45) is 0 Å². The highest BCUT2D eigenvalue weighted by Gasteiger charge is 2.00. The molecule has 6 heteroatoms. The minimum atomic E-state index is 0.554. The second kappa shape index (κ2) is 7.62. The summed E-state index contributed by atoms with van der Waals surface area (Å²) >= 11 is 0. The highest BCUT2D eigenvalue weighted by atomic mass is 16.5. The molecule has 1 N–H and O–H groups in total. The summed E-state index contributed by atoms with van der Waals surface area (Å²) in [6.45, 7) is 2.54. The van der Waals surface area contributed by atoms with Crippen molar-refractivity contribution in [3.8, 4) is 5.75 Å². The number of nitrogens with one attached hydrogen (secondary N) is 1. The molecular weight excluding hydrogens is 256 g/mol. The first-order chi connectivity index (χ1) is 9.81. The summed E-state index contributed by atoms with van der Waals surface area (Å²) in [6.07, 6.45) is 1.92. The van der Waals surface area contributed by atoms with E-state index >= 15 is 0 Å². The Morgan fingerprint density at radius 1 is 1.35 bits per heavy atom. The van der Waals surface area contributed by atoms with E-state index in [9.17, 15) is 0 Å². The van der Waals surface area contributed by atoms with E-state index in [-0.39, 0.29) is 0 Å². The van der Waals surface area contributed by atoms with Gasteiger partial charge in [0, 0.05) is 19.9 Å². The Bertz CT molecular complexity index is 527. The largest absolute Gasteiger partial charge is 0.492 e. The van der Waals surface area contributed by atoms with E-state index in [0.717, 1.165) is 23.6 Å². The molecule has 0 aliphatic carbocycles. The first kappa shape index (κ1) is 14.5. The van der Waals surface area contributed by atoms with Crippen LogP contribution in [-0.2, 0) is 24.4 Å². The van der Waals surface area contributed by atoms with Crippen molar-refractivity contribution in [3.63, 3.8) is 0 Å². The molecule has 0 spiro atoms. The SMILES string of the molecule is CNCc1cn(CCOc2cccc(COC)c2)nn1. The normalized spacial score (nSPS) is 10.7. The Labute approximate surface area is 118 Å². The van der Waals surface area contributed by atoms with Crippen LogP contribution in [0.3, 0.4) is 0 Å². The van der Waals surface area contributed by atoms with Gasteiger partial charge in [-0.1, -0.05) is 17.3 Å². The summed E-state index contributed by atoms with van der Waals surface area (Å²) < 4.78 is 12.6. The first-order valence-corrected chi connectivity index (χ1v) is 6.56. The van der Waals surface area contributed by atoms with Crippen molar-refractivity contribution in [2.45, 2.75) is 19.7 Å². The number of methoxy groups -OCH3 is 1. The van der Waals surface area contributed by atoms with Crippen molar-refractivity contribution in [2.75, 3.05) is 20.8 Å². The third-order valence-corrected chi connectivity index (χ3v) is 2.74. The maximum absolute atomic E-state index is 5.71. The lowest BCUT2D eigenvalue weighted by atomic mass is 10.2. The number of benzene rings is 1. The van der Waals surface area contributed by atoms with Crippen LogP contribution in [0.1, 0.15) is 11.3 Å². The van der Waals surface area contributed by atoms with E-state index in [1.54, 1.807) is 11.8 Å². The lowest BCUT2D eigenvalue weighted by Crippen LogP contribution is -2.09. The van der Waals surface area contributed by atoms with Gasteiger partial charge in [0.2, 0.25) is 0 Å². The molecule has 0 saturated carbocycles. The summed E-state index contributed by atoms with van der Waals surface area (Å²) in [5, 5.41) is 11.1. The van der Waals surface area contributed by atoms with Crippen LogP contribution in [0.2, 0.25) is 0 Å². The van der Waals surface area contributed by atoms with Crippen molar-refractivity contribution >= 4 is 0 Å².